The van der Waals surface area contributed by atoms with Gasteiger partial charge in [-0.05, 0) is 72.9 Å². The topological polar surface area (TPSA) is 74.6 Å². The van der Waals surface area contributed by atoms with Crippen LogP contribution in [0.2, 0.25) is 10.0 Å². The monoisotopic (exact) mass is 457 g/mol. The minimum absolute atomic E-state index is 0.0468. The summed E-state index contributed by atoms with van der Waals surface area (Å²) in [4.78, 5) is 26.9. The number of anilines is 1. The van der Waals surface area contributed by atoms with Gasteiger partial charge < -0.3 is 9.67 Å². The number of nitrogens with one attached hydrogen (secondary N) is 1. The van der Waals surface area contributed by atoms with Crippen LogP contribution in [0, 0.1) is 0 Å². The molecule has 1 saturated heterocycles. The summed E-state index contributed by atoms with van der Waals surface area (Å²) in [5.74, 6) is -1.04. The maximum atomic E-state index is 13.2. The number of nitrogens with zero attached hydrogens (tertiary/aromatic N) is 2. The zero-order valence-corrected chi connectivity index (χ0v) is 17.5. The molecule has 30 heavy (non-hydrogen) atoms. The van der Waals surface area contributed by atoms with Crippen LogP contribution in [0.4, 0.5) is 5.69 Å². The Balaban J connectivity index is 1.74. The largest absolute Gasteiger partial charge is 0.508 e. The van der Waals surface area contributed by atoms with Crippen molar-refractivity contribution in [1.82, 2.24) is 9.88 Å². The third-order valence-electron chi connectivity index (χ3n) is 4.46. The van der Waals surface area contributed by atoms with Gasteiger partial charge in [0.2, 0.25) is 0 Å². The smallest absolute Gasteiger partial charge is 0.270 e. The number of carbonyl (C=O) groups excluding carboxylic acids is 2. The first-order valence-corrected chi connectivity index (χ1v) is 9.85. The lowest BCUT2D eigenvalue weighted by Crippen LogP contribution is -2.54. The molecule has 6 nitrogen and oxygen atoms in total. The van der Waals surface area contributed by atoms with Crippen LogP contribution in [0.3, 0.4) is 0 Å². The Labute approximate surface area is 186 Å². The highest BCUT2D eigenvalue weighted by Gasteiger charge is 2.34. The molecule has 0 saturated carbocycles. The van der Waals surface area contributed by atoms with Crippen molar-refractivity contribution in [2.45, 2.75) is 0 Å². The number of hydrogen-bond acceptors (Lipinski definition) is 4. The molecule has 2 aromatic carbocycles. The second-order valence-corrected chi connectivity index (χ2v) is 7.58. The van der Waals surface area contributed by atoms with Gasteiger partial charge in [0.1, 0.15) is 11.3 Å². The fraction of sp³-hybridized carbons (Fsp3) is 0. The molecule has 1 aliphatic heterocycles. The van der Waals surface area contributed by atoms with Crippen molar-refractivity contribution in [3.8, 4) is 11.4 Å². The first kappa shape index (κ1) is 20.2. The molecular weight excluding hydrogens is 445 g/mol. The maximum absolute atomic E-state index is 13.2. The number of amides is 2. The van der Waals surface area contributed by atoms with Gasteiger partial charge in [-0.2, -0.15) is 0 Å². The number of thiocarbonyl (C=S) groups is 1. The van der Waals surface area contributed by atoms with Crippen molar-refractivity contribution in [1.29, 1.82) is 0 Å². The molecule has 1 aliphatic rings. The Morgan fingerprint density at radius 1 is 0.967 bits per heavy atom. The number of rotatable bonds is 3. The molecule has 1 fully saturated rings. The van der Waals surface area contributed by atoms with Gasteiger partial charge in [0, 0.05) is 17.6 Å². The average Bonchev–Trinajstić information content (AvgIpc) is 3.16. The zero-order chi connectivity index (χ0) is 21.4. The number of aromatic nitrogens is 1. The molecule has 0 radical (unpaired) electrons. The van der Waals surface area contributed by atoms with Crippen molar-refractivity contribution in [2.24, 2.45) is 0 Å². The Hall–Kier alpha value is -3.13. The number of aromatic hydroxyl groups is 1. The first-order chi connectivity index (χ1) is 14.3. The van der Waals surface area contributed by atoms with Gasteiger partial charge in [0.15, 0.2) is 5.11 Å². The van der Waals surface area contributed by atoms with E-state index in [1.807, 2.05) is 0 Å². The van der Waals surface area contributed by atoms with Gasteiger partial charge in [0.05, 0.1) is 15.7 Å². The number of halogens is 2. The van der Waals surface area contributed by atoms with E-state index < -0.39 is 11.8 Å². The SMILES string of the molecule is O=C1NC(=S)N(c2ccc(Cl)c(Cl)c2)C(=O)C1=Cc1cccn1-c1ccc(O)cc1. The third kappa shape index (κ3) is 3.70. The molecule has 0 unspecified atom stereocenters. The van der Waals surface area contributed by atoms with Gasteiger partial charge in [0.25, 0.3) is 11.8 Å². The molecule has 0 bridgehead atoms. The first-order valence-electron chi connectivity index (χ1n) is 8.68. The summed E-state index contributed by atoms with van der Waals surface area (Å²) in [7, 11) is 0. The van der Waals surface area contributed by atoms with Crippen LogP contribution < -0.4 is 10.2 Å². The van der Waals surface area contributed by atoms with Crippen LogP contribution in [0.15, 0.2) is 66.4 Å². The fourth-order valence-corrected chi connectivity index (χ4v) is 3.60. The number of benzene rings is 2. The van der Waals surface area contributed by atoms with Crippen LogP contribution in [0.5, 0.6) is 5.75 Å². The fourth-order valence-electron chi connectivity index (χ4n) is 3.02. The van der Waals surface area contributed by atoms with E-state index in [0.717, 1.165) is 5.69 Å². The van der Waals surface area contributed by atoms with Gasteiger partial charge >= 0.3 is 0 Å². The summed E-state index contributed by atoms with van der Waals surface area (Å²) >= 11 is 17.2. The highest BCUT2D eigenvalue weighted by atomic mass is 35.5. The normalized spacial score (nSPS) is 15.6. The predicted molar refractivity (Wildman–Crippen MR) is 120 cm³/mol. The quantitative estimate of drug-likeness (QED) is 0.348. The molecule has 3 aromatic rings. The Kier molecular flexibility index (Phi) is 5.34. The van der Waals surface area contributed by atoms with Gasteiger partial charge in [-0.15, -0.1) is 0 Å². The van der Waals surface area contributed by atoms with Crippen LogP contribution in [-0.2, 0) is 9.59 Å². The van der Waals surface area contributed by atoms with E-state index in [-0.39, 0.29) is 21.5 Å². The molecule has 4 rings (SSSR count). The predicted octanol–water partition coefficient (Wildman–Crippen LogP) is 4.32. The summed E-state index contributed by atoms with van der Waals surface area (Å²) in [5.41, 5.74) is 1.65. The molecule has 0 aliphatic carbocycles. The van der Waals surface area contributed by atoms with Crippen molar-refractivity contribution in [2.75, 3.05) is 4.90 Å². The minimum atomic E-state index is -0.597. The van der Waals surface area contributed by atoms with Crippen molar-refractivity contribution in [3.05, 3.63) is 82.1 Å². The van der Waals surface area contributed by atoms with E-state index in [4.69, 9.17) is 35.4 Å². The van der Waals surface area contributed by atoms with E-state index in [1.165, 1.54) is 17.0 Å². The van der Waals surface area contributed by atoms with E-state index in [1.54, 1.807) is 59.3 Å². The molecule has 1 aromatic heterocycles. The third-order valence-corrected chi connectivity index (χ3v) is 5.49. The van der Waals surface area contributed by atoms with E-state index >= 15 is 0 Å². The lowest BCUT2D eigenvalue weighted by atomic mass is 10.1. The lowest BCUT2D eigenvalue weighted by molar-refractivity contribution is -0.122. The van der Waals surface area contributed by atoms with Crippen molar-refractivity contribution >= 4 is 64.1 Å². The lowest BCUT2D eigenvalue weighted by Gasteiger charge is -2.29. The molecule has 2 heterocycles. The highest BCUT2D eigenvalue weighted by molar-refractivity contribution is 7.80. The Bertz CT molecular complexity index is 1220. The maximum Gasteiger partial charge on any atom is 0.270 e. The second kappa shape index (κ2) is 7.95. The number of hydrogen-bond donors (Lipinski definition) is 2. The Morgan fingerprint density at radius 3 is 2.37 bits per heavy atom. The van der Waals surface area contributed by atoms with Crippen molar-refractivity contribution in [3.63, 3.8) is 0 Å². The molecule has 2 amide bonds. The zero-order valence-electron chi connectivity index (χ0n) is 15.2. The summed E-state index contributed by atoms with van der Waals surface area (Å²) in [6.07, 6.45) is 3.27. The number of carbonyl (C=O) groups is 2. The van der Waals surface area contributed by atoms with E-state index in [0.29, 0.717) is 16.4 Å². The summed E-state index contributed by atoms with van der Waals surface area (Å²) in [6.45, 7) is 0. The van der Waals surface area contributed by atoms with E-state index in [9.17, 15) is 14.7 Å². The Morgan fingerprint density at radius 2 is 1.67 bits per heavy atom. The van der Waals surface area contributed by atoms with Crippen LogP contribution in [-0.4, -0.2) is 26.6 Å². The van der Waals surface area contributed by atoms with Gasteiger partial charge in [-0.25, -0.2) is 0 Å². The molecule has 150 valence electrons. The minimum Gasteiger partial charge on any atom is -0.508 e. The molecular formula is C21H13Cl2N3O3S. The molecule has 9 heteroatoms. The average molecular weight is 458 g/mol. The van der Waals surface area contributed by atoms with Crippen LogP contribution in [0.1, 0.15) is 5.69 Å². The second-order valence-electron chi connectivity index (χ2n) is 6.38. The molecule has 0 atom stereocenters. The number of phenols is 1. The number of phenolic OH excluding ortho intramolecular Hbond substituents is 1. The highest BCUT2D eigenvalue weighted by Crippen LogP contribution is 2.29. The van der Waals surface area contributed by atoms with Crippen LogP contribution in [0.25, 0.3) is 11.8 Å². The summed E-state index contributed by atoms with van der Waals surface area (Å²) in [6, 6.07) is 14.7. The summed E-state index contributed by atoms with van der Waals surface area (Å²) < 4.78 is 1.78. The van der Waals surface area contributed by atoms with Crippen molar-refractivity contribution < 1.29 is 14.7 Å². The van der Waals surface area contributed by atoms with Gasteiger partial charge in [-0.3, -0.25) is 19.8 Å². The summed E-state index contributed by atoms with van der Waals surface area (Å²) in [5, 5.41) is 12.6. The van der Waals surface area contributed by atoms with Gasteiger partial charge in [-0.1, -0.05) is 23.2 Å². The molecule has 2 N–H and O–H groups in total. The standard InChI is InChI=1S/C21H13Cl2N3O3S/c22-17-8-5-14(11-18(17)23)26-20(29)16(19(28)24-21(26)30)10-13-2-1-9-25(13)12-3-6-15(27)7-4-12/h1-11,27H,(H,24,28,30). The van der Waals surface area contributed by atoms with Crippen LogP contribution >= 0.6 is 35.4 Å². The molecule has 0 spiro atoms. The van der Waals surface area contributed by atoms with E-state index in [2.05, 4.69) is 5.32 Å².